The standard InChI is InChI=1S/C25H20N4O3/c26-25-19-6-3-5-17(18(19)10-11-27-25)15-8-9-21-20(12-15)22(29-28-21)14-32-23-7-2-1-4-16(23)13-24(30)31/h1-12H,13-14H2,(H2,26,27)(H,28,29)(H,30,31). The van der Waals surface area contributed by atoms with E-state index in [1.54, 1.807) is 24.4 Å². The summed E-state index contributed by atoms with van der Waals surface area (Å²) in [6.45, 7) is 0.239. The van der Waals surface area contributed by atoms with E-state index in [0.29, 0.717) is 17.1 Å². The first-order valence-corrected chi connectivity index (χ1v) is 10.1. The lowest BCUT2D eigenvalue weighted by atomic mass is 9.97. The smallest absolute Gasteiger partial charge is 0.307 e. The summed E-state index contributed by atoms with van der Waals surface area (Å²) < 4.78 is 5.96. The molecule has 0 amide bonds. The largest absolute Gasteiger partial charge is 0.487 e. The Bertz CT molecular complexity index is 1460. The van der Waals surface area contributed by atoms with Gasteiger partial charge in [-0.1, -0.05) is 42.5 Å². The van der Waals surface area contributed by atoms with Crippen LogP contribution >= 0.6 is 0 Å². The monoisotopic (exact) mass is 424 g/mol. The van der Waals surface area contributed by atoms with E-state index in [1.807, 2.05) is 36.4 Å². The topological polar surface area (TPSA) is 114 Å². The fourth-order valence-electron chi connectivity index (χ4n) is 3.93. The number of carbonyl (C=O) groups is 1. The van der Waals surface area contributed by atoms with Crippen molar-refractivity contribution in [1.82, 2.24) is 15.2 Å². The Labute approximate surface area is 183 Å². The summed E-state index contributed by atoms with van der Waals surface area (Å²) in [5, 5.41) is 19.4. The first-order valence-electron chi connectivity index (χ1n) is 10.1. The second-order valence-corrected chi connectivity index (χ2v) is 7.50. The normalized spacial score (nSPS) is 11.1. The number of nitrogens with two attached hydrogens (primary N) is 1. The van der Waals surface area contributed by atoms with Gasteiger partial charge < -0.3 is 15.6 Å². The van der Waals surface area contributed by atoms with Crippen LogP contribution in [0, 0.1) is 0 Å². The van der Waals surface area contributed by atoms with Gasteiger partial charge in [0.1, 0.15) is 18.2 Å². The number of ether oxygens (including phenoxy) is 1. The van der Waals surface area contributed by atoms with Crippen molar-refractivity contribution in [2.45, 2.75) is 13.0 Å². The molecule has 7 nitrogen and oxygen atoms in total. The number of nitrogens with zero attached hydrogens (tertiary/aromatic N) is 2. The lowest BCUT2D eigenvalue weighted by Gasteiger charge is -2.10. The summed E-state index contributed by atoms with van der Waals surface area (Å²) in [6, 6.07) is 21.2. The fourth-order valence-corrected chi connectivity index (χ4v) is 3.93. The summed E-state index contributed by atoms with van der Waals surface area (Å²) in [5.41, 5.74) is 10.4. The molecule has 3 aromatic carbocycles. The maximum atomic E-state index is 11.1. The molecule has 0 aliphatic rings. The van der Waals surface area contributed by atoms with Crippen LogP contribution in [0.4, 0.5) is 5.82 Å². The summed E-state index contributed by atoms with van der Waals surface area (Å²) in [4.78, 5) is 15.3. The highest BCUT2D eigenvalue weighted by atomic mass is 16.5. The third-order valence-electron chi connectivity index (χ3n) is 5.47. The van der Waals surface area contributed by atoms with Crippen molar-refractivity contribution in [1.29, 1.82) is 0 Å². The Kier molecular flexibility index (Phi) is 4.91. The first kappa shape index (κ1) is 19.6. The van der Waals surface area contributed by atoms with Gasteiger partial charge in [0, 0.05) is 22.5 Å². The molecular formula is C25H20N4O3. The van der Waals surface area contributed by atoms with Crippen LogP contribution in [0.1, 0.15) is 11.3 Å². The van der Waals surface area contributed by atoms with Gasteiger partial charge in [0.15, 0.2) is 0 Å². The van der Waals surface area contributed by atoms with Gasteiger partial charge in [-0.15, -0.1) is 0 Å². The number of nitrogen functional groups attached to an aromatic ring is 1. The highest BCUT2D eigenvalue weighted by molar-refractivity contribution is 6.02. The van der Waals surface area contributed by atoms with E-state index in [2.05, 4.69) is 27.3 Å². The SMILES string of the molecule is Nc1nccc2c(-c3ccc4n[nH]c(COc5ccccc5CC(=O)O)c4c3)cccc12. The number of hydrogen-bond acceptors (Lipinski definition) is 5. The predicted octanol–water partition coefficient (Wildman–Crippen LogP) is 4.57. The van der Waals surface area contributed by atoms with Crippen molar-refractivity contribution >= 4 is 33.5 Å². The van der Waals surface area contributed by atoms with Crippen molar-refractivity contribution in [3.8, 4) is 16.9 Å². The van der Waals surface area contributed by atoms with E-state index in [9.17, 15) is 4.79 Å². The van der Waals surface area contributed by atoms with Crippen LogP contribution in [-0.2, 0) is 17.8 Å². The zero-order valence-corrected chi connectivity index (χ0v) is 17.1. The summed E-state index contributed by atoms with van der Waals surface area (Å²) in [5.74, 6) is 0.150. The molecule has 158 valence electrons. The van der Waals surface area contributed by atoms with Gasteiger partial charge in [-0.3, -0.25) is 9.89 Å². The molecule has 2 heterocycles. The molecule has 0 saturated carbocycles. The number of aromatic nitrogens is 3. The van der Waals surface area contributed by atoms with Crippen LogP contribution < -0.4 is 10.5 Å². The second-order valence-electron chi connectivity index (χ2n) is 7.50. The quantitative estimate of drug-likeness (QED) is 0.368. The average molecular weight is 424 g/mol. The summed E-state index contributed by atoms with van der Waals surface area (Å²) >= 11 is 0. The van der Waals surface area contributed by atoms with E-state index >= 15 is 0 Å². The maximum absolute atomic E-state index is 11.1. The fraction of sp³-hybridized carbons (Fsp3) is 0.0800. The number of anilines is 1. The number of fused-ring (bicyclic) bond motifs is 2. The van der Waals surface area contributed by atoms with Crippen LogP contribution in [0.25, 0.3) is 32.8 Å². The third kappa shape index (κ3) is 3.60. The van der Waals surface area contributed by atoms with Gasteiger partial charge >= 0.3 is 5.97 Å². The Morgan fingerprint density at radius 3 is 2.75 bits per heavy atom. The number of rotatable bonds is 6. The van der Waals surface area contributed by atoms with E-state index in [1.165, 1.54) is 0 Å². The average Bonchev–Trinajstić information content (AvgIpc) is 3.20. The molecule has 0 atom stereocenters. The number of nitrogens with one attached hydrogen (secondary N) is 1. The highest BCUT2D eigenvalue weighted by Crippen LogP contribution is 2.33. The van der Waals surface area contributed by atoms with Crippen LogP contribution in [0.5, 0.6) is 5.75 Å². The van der Waals surface area contributed by atoms with Gasteiger partial charge in [0.25, 0.3) is 0 Å². The first-order chi connectivity index (χ1) is 15.6. The molecule has 0 saturated heterocycles. The zero-order valence-electron chi connectivity index (χ0n) is 17.1. The van der Waals surface area contributed by atoms with Gasteiger partial charge in [0.2, 0.25) is 0 Å². The number of aliphatic carboxylic acids is 1. The van der Waals surface area contributed by atoms with Crippen molar-refractivity contribution in [3.05, 3.63) is 84.2 Å². The molecule has 7 heteroatoms. The molecule has 4 N–H and O–H groups in total. The number of para-hydroxylation sites is 1. The molecule has 5 aromatic rings. The summed E-state index contributed by atoms with van der Waals surface area (Å²) in [6.07, 6.45) is 1.62. The van der Waals surface area contributed by atoms with Crippen LogP contribution in [0.3, 0.4) is 0 Å². The molecule has 0 bridgehead atoms. The van der Waals surface area contributed by atoms with Crippen molar-refractivity contribution in [2.24, 2.45) is 0 Å². The number of aromatic amines is 1. The van der Waals surface area contributed by atoms with Crippen molar-refractivity contribution in [2.75, 3.05) is 5.73 Å². The molecule has 0 fully saturated rings. The molecule has 5 rings (SSSR count). The Morgan fingerprint density at radius 2 is 1.88 bits per heavy atom. The minimum Gasteiger partial charge on any atom is -0.487 e. The van der Waals surface area contributed by atoms with Crippen molar-refractivity contribution in [3.63, 3.8) is 0 Å². The Balaban J connectivity index is 1.50. The number of carboxylic acid groups (broad SMARTS) is 1. The predicted molar refractivity (Wildman–Crippen MR) is 123 cm³/mol. The molecule has 0 aliphatic carbocycles. The van der Waals surface area contributed by atoms with E-state index < -0.39 is 5.97 Å². The number of carboxylic acids is 1. The lowest BCUT2D eigenvalue weighted by Crippen LogP contribution is -2.04. The zero-order chi connectivity index (χ0) is 22.1. The van der Waals surface area contributed by atoms with Crippen LogP contribution in [0.15, 0.2) is 72.9 Å². The molecule has 0 spiro atoms. The molecule has 0 unspecified atom stereocenters. The van der Waals surface area contributed by atoms with Gasteiger partial charge in [-0.05, 0) is 40.8 Å². The molecular weight excluding hydrogens is 404 g/mol. The lowest BCUT2D eigenvalue weighted by molar-refractivity contribution is -0.136. The summed E-state index contributed by atoms with van der Waals surface area (Å²) in [7, 11) is 0. The molecule has 0 aliphatic heterocycles. The van der Waals surface area contributed by atoms with Gasteiger partial charge in [-0.25, -0.2) is 4.98 Å². The number of benzene rings is 3. The molecule has 2 aromatic heterocycles. The minimum absolute atomic E-state index is 0.0941. The van der Waals surface area contributed by atoms with E-state index in [4.69, 9.17) is 15.6 Å². The maximum Gasteiger partial charge on any atom is 0.307 e. The highest BCUT2D eigenvalue weighted by Gasteiger charge is 2.12. The van der Waals surface area contributed by atoms with E-state index in [0.717, 1.165) is 38.5 Å². The Morgan fingerprint density at radius 1 is 1.00 bits per heavy atom. The van der Waals surface area contributed by atoms with Crippen LogP contribution in [0.2, 0.25) is 0 Å². The Hall–Kier alpha value is -4.39. The second kappa shape index (κ2) is 8.03. The van der Waals surface area contributed by atoms with Crippen molar-refractivity contribution < 1.29 is 14.6 Å². The van der Waals surface area contributed by atoms with E-state index in [-0.39, 0.29) is 13.0 Å². The van der Waals surface area contributed by atoms with Crippen LogP contribution in [-0.4, -0.2) is 26.3 Å². The third-order valence-corrected chi connectivity index (χ3v) is 5.47. The van der Waals surface area contributed by atoms with Gasteiger partial charge in [0.05, 0.1) is 17.6 Å². The number of H-pyrrole nitrogens is 1. The molecule has 32 heavy (non-hydrogen) atoms. The number of pyridine rings is 1. The number of hydrogen-bond donors (Lipinski definition) is 3. The molecule has 0 radical (unpaired) electrons. The minimum atomic E-state index is -0.899. The van der Waals surface area contributed by atoms with Gasteiger partial charge in [-0.2, -0.15) is 5.10 Å².